The Labute approximate surface area is 111 Å². The standard InChI is InChI=1S/C15H15NO3/c1-9(7-14(17)18)15(19)12-5-6-13-11(8-12)4-3-10(2)16-13/h3-6,8-9H,7H2,1-2H3,(H,17,18). The minimum Gasteiger partial charge on any atom is -0.481 e. The van der Waals surface area contributed by atoms with Crippen LogP contribution in [0.2, 0.25) is 0 Å². The number of carbonyl (C=O) groups is 2. The van der Waals surface area contributed by atoms with E-state index >= 15 is 0 Å². The molecule has 0 amide bonds. The molecule has 0 aliphatic carbocycles. The molecule has 1 aromatic heterocycles. The van der Waals surface area contributed by atoms with Crippen LogP contribution < -0.4 is 0 Å². The van der Waals surface area contributed by atoms with Crippen LogP contribution in [0.25, 0.3) is 10.9 Å². The van der Waals surface area contributed by atoms with E-state index in [0.29, 0.717) is 5.56 Å². The van der Waals surface area contributed by atoms with Crippen LogP contribution in [0, 0.1) is 12.8 Å². The van der Waals surface area contributed by atoms with Crippen LogP contribution in [-0.4, -0.2) is 21.8 Å². The number of carbonyl (C=O) groups excluding carboxylic acids is 1. The highest BCUT2D eigenvalue weighted by Gasteiger charge is 2.18. The molecule has 1 N–H and O–H groups in total. The van der Waals surface area contributed by atoms with Gasteiger partial charge in [-0.1, -0.05) is 13.0 Å². The first-order valence-corrected chi connectivity index (χ1v) is 6.11. The highest BCUT2D eigenvalue weighted by atomic mass is 16.4. The number of carboxylic acid groups (broad SMARTS) is 1. The third-order valence-electron chi connectivity index (χ3n) is 3.04. The number of carboxylic acids is 1. The number of hydrogen-bond acceptors (Lipinski definition) is 3. The summed E-state index contributed by atoms with van der Waals surface area (Å²) < 4.78 is 0. The normalized spacial score (nSPS) is 12.3. The lowest BCUT2D eigenvalue weighted by atomic mass is 9.95. The molecule has 2 rings (SSSR count). The second kappa shape index (κ2) is 5.18. The summed E-state index contributed by atoms with van der Waals surface area (Å²) in [6.07, 6.45) is -0.150. The first-order chi connectivity index (χ1) is 8.97. The SMILES string of the molecule is Cc1ccc2cc(C(=O)C(C)CC(=O)O)ccc2n1. The number of Topliss-reactive ketones (excluding diaryl/α,β-unsaturated/α-hetero) is 1. The summed E-state index contributed by atoms with van der Waals surface area (Å²) in [6.45, 7) is 3.54. The molecule has 19 heavy (non-hydrogen) atoms. The lowest BCUT2D eigenvalue weighted by Crippen LogP contribution is -2.15. The topological polar surface area (TPSA) is 67.3 Å². The van der Waals surface area contributed by atoms with Gasteiger partial charge < -0.3 is 5.11 Å². The number of rotatable bonds is 4. The van der Waals surface area contributed by atoms with Gasteiger partial charge in [0.1, 0.15) is 0 Å². The first-order valence-electron chi connectivity index (χ1n) is 6.11. The molecule has 98 valence electrons. The minimum atomic E-state index is -0.959. The van der Waals surface area contributed by atoms with Crippen molar-refractivity contribution in [2.24, 2.45) is 5.92 Å². The van der Waals surface area contributed by atoms with E-state index in [1.807, 2.05) is 19.1 Å². The summed E-state index contributed by atoms with van der Waals surface area (Å²) in [4.78, 5) is 27.1. The van der Waals surface area contributed by atoms with Crippen LogP contribution in [0.3, 0.4) is 0 Å². The van der Waals surface area contributed by atoms with Crippen LogP contribution in [0.5, 0.6) is 0 Å². The van der Waals surface area contributed by atoms with Crippen molar-refractivity contribution in [2.75, 3.05) is 0 Å². The Hall–Kier alpha value is -2.23. The van der Waals surface area contributed by atoms with Crippen molar-refractivity contribution in [1.29, 1.82) is 0 Å². The van der Waals surface area contributed by atoms with E-state index in [-0.39, 0.29) is 12.2 Å². The van der Waals surface area contributed by atoms with E-state index < -0.39 is 11.9 Å². The lowest BCUT2D eigenvalue weighted by Gasteiger charge is -2.08. The summed E-state index contributed by atoms with van der Waals surface area (Å²) >= 11 is 0. The number of aryl methyl sites for hydroxylation is 1. The highest BCUT2D eigenvalue weighted by Crippen LogP contribution is 2.18. The zero-order chi connectivity index (χ0) is 14.0. The van der Waals surface area contributed by atoms with Gasteiger partial charge in [-0.15, -0.1) is 0 Å². The van der Waals surface area contributed by atoms with Gasteiger partial charge in [0.15, 0.2) is 5.78 Å². The van der Waals surface area contributed by atoms with Crippen LogP contribution >= 0.6 is 0 Å². The Bertz CT molecular complexity index is 649. The zero-order valence-electron chi connectivity index (χ0n) is 10.9. The average molecular weight is 257 g/mol. The first kappa shape index (κ1) is 13.2. The number of ketones is 1. The molecule has 0 spiro atoms. The number of fused-ring (bicyclic) bond motifs is 1. The van der Waals surface area contributed by atoms with E-state index in [0.717, 1.165) is 16.6 Å². The maximum atomic E-state index is 12.1. The van der Waals surface area contributed by atoms with Crippen molar-refractivity contribution in [3.8, 4) is 0 Å². The van der Waals surface area contributed by atoms with Crippen LogP contribution in [0.15, 0.2) is 30.3 Å². The maximum absolute atomic E-state index is 12.1. The molecule has 1 heterocycles. The van der Waals surface area contributed by atoms with Gasteiger partial charge >= 0.3 is 5.97 Å². The van der Waals surface area contributed by atoms with Gasteiger partial charge in [0, 0.05) is 22.6 Å². The molecule has 0 aliphatic heterocycles. The summed E-state index contributed by atoms with van der Waals surface area (Å²) in [5.74, 6) is -1.63. The molecule has 0 bridgehead atoms. The van der Waals surface area contributed by atoms with Crippen LogP contribution in [0.4, 0.5) is 0 Å². The van der Waals surface area contributed by atoms with E-state index in [1.165, 1.54) is 0 Å². The van der Waals surface area contributed by atoms with Gasteiger partial charge in [-0.25, -0.2) is 0 Å². The Kier molecular flexibility index (Phi) is 3.60. The Morgan fingerprint density at radius 2 is 2.00 bits per heavy atom. The van der Waals surface area contributed by atoms with Crippen LogP contribution in [0.1, 0.15) is 29.4 Å². The molecule has 0 fully saturated rings. The fourth-order valence-electron chi connectivity index (χ4n) is 2.02. The second-order valence-electron chi connectivity index (χ2n) is 4.72. The number of pyridine rings is 1. The van der Waals surface area contributed by atoms with E-state index in [2.05, 4.69) is 4.98 Å². The number of aromatic nitrogens is 1. The van der Waals surface area contributed by atoms with Crippen LogP contribution in [-0.2, 0) is 4.79 Å². The fourth-order valence-corrected chi connectivity index (χ4v) is 2.02. The number of aliphatic carboxylic acids is 1. The smallest absolute Gasteiger partial charge is 0.304 e. The maximum Gasteiger partial charge on any atom is 0.304 e. The molecule has 1 unspecified atom stereocenters. The van der Waals surface area contributed by atoms with Gasteiger partial charge in [-0.3, -0.25) is 14.6 Å². The third kappa shape index (κ3) is 2.96. The molecule has 0 aliphatic rings. The molecule has 1 atom stereocenters. The van der Waals surface area contributed by atoms with Crippen molar-refractivity contribution < 1.29 is 14.7 Å². The Morgan fingerprint density at radius 3 is 2.68 bits per heavy atom. The molecule has 1 aromatic carbocycles. The Balaban J connectivity index is 2.33. The van der Waals surface area contributed by atoms with Crippen molar-refractivity contribution in [2.45, 2.75) is 20.3 Å². The van der Waals surface area contributed by atoms with Gasteiger partial charge in [0.25, 0.3) is 0 Å². The number of nitrogens with zero attached hydrogens (tertiary/aromatic N) is 1. The molecule has 0 saturated heterocycles. The number of benzene rings is 1. The summed E-state index contributed by atoms with van der Waals surface area (Å²) in [5.41, 5.74) is 2.29. The van der Waals surface area contributed by atoms with Crippen molar-refractivity contribution in [1.82, 2.24) is 4.98 Å². The van der Waals surface area contributed by atoms with E-state index in [4.69, 9.17) is 5.11 Å². The van der Waals surface area contributed by atoms with E-state index in [1.54, 1.807) is 25.1 Å². The predicted molar refractivity (Wildman–Crippen MR) is 72.2 cm³/mol. The van der Waals surface area contributed by atoms with Gasteiger partial charge in [-0.05, 0) is 31.2 Å². The third-order valence-corrected chi connectivity index (χ3v) is 3.04. The molecule has 0 saturated carbocycles. The fraction of sp³-hybridized carbons (Fsp3) is 0.267. The largest absolute Gasteiger partial charge is 0.481 e. The minimum absolute atomic E-state index is 0.148. The molecule has 2 aromatic rings. The highest BCUT2D eigenvalue weighted by molar-refractivity contribution is 6.01. The van der Waals surface area contributed by atoms with Gasteiger partial charge in [0.05, 0.1) is 11.9 Å². The quantitative estimate of drug-likeness (QED) is 0.855. The second-order valence-corrected chi connectivity index (χ2v) is 4.72. The van der Waals surface area contributed by atoms with Gasteiger partial charge in [0.2, 0.25) is 0 Å². The molecule has 4 nitrogen and oxygen atoms in total. The molecule has 4 heteroatoms. The summed E-state index contributed by atoms with van der Waals surface area (Å²) in [5, 5.41) is 9.61. The monoisotopic (exact) mass is 257 g/mol. The van der Waals surface area contributed by atoms with Crippen molar-refractivity contribution >= 4 is 22.7 Å². The van der Waals surface area contributed by atoms with E-state index in [9.17, 15) is 9.59 Å². The van der Waals surface area contributed by atoms with Crippen molar-refractivity contribution in [3.05, 3.63) is 41.6 Å². The predicted octanol–water partition coefficient (Wildman–Crippen LogP) is 2.84. The zero-order valence-corrected chi connectivity index (χ0v) is 10.9. The van der Waals surface area contributed by atoms with Gasteiger partial charge in [-0.2, -0.15) is 0 Å². The summed E-state index contributed by atoms with van der Waals surface area (Å²) in [6, 6.07) is 9.06. The average Bonchev–Trinajstić information content (AvgIpc) is 2.36. The molecular formula is C15H15NO3. The summed E-state index contributed by atoms with van der Waals surface area (Å²) in [7, 11) is 0. The lowest BCUT2D eigenvalue weighted by molar-refractivity contribution is -0.137. The number of hydrogen-bond donors (Lipinski definition) is 1. The Morgan fingerprint density at radius 1 is 1.26 bits per heavy atom. The van der Waals surface area contributed by atoms with Crippen molar-refractivity contribution in [3.63, 3.8) is 0 Å². The molecule has 0 radical (unpaired) electrons. The molecular weight excluding hydrogens is 242 g/mol.